The Labute approximate surface area is 190 Å². The molecule has 1 unspecified atom stereocenters. The second-order valence-corrected chi connectivity index (χ2v) is 8.35. The van der Waals surface area contributed by atoms with Gasteiger partial charge in [-0.05, 0) is 53.8 Å². The van der Waals surface area contributed by atoms with E-state index in [0.29, 0.717) is 5.92 Å². The van der Waals surface area contributed by atoms with Gasteiger partial charge in [-0.3, -0.25) is 4.98 Å². The van der Waals surface area contributed by atoms with E-state index in [1.165, 1.54) is 11.1 Å². The van der Waals surface area contributed by atoms with Gasteiger partial charge in [-0.25, -0.2) is 4.99 Å². The minimum Gasteiger partial charge on any atom is -0.321 e. The van der Waals surface area contributed by atoms with Crippen molar-refractivity contribution in [1.29, 1.82) is 0 Å². The monoisotopic (exact) mass is 417 g/mol. The number of aromatic nitrogens is 1. The predicted molar refractivity (Wildman–Crippen MR) is 134 cm³/mol. The average Bonchev–Trinajstić information content (AvgIpc) is 2.88. The lowest BCUT2D eigenvalue weighted by atomic mass is 9.98. The molecule has 0 N–H and O–H groups in total. The molecule has 3 heteroatoms. The molecule has 32 heavy (non-hydrogen) atoms. The molecule has 0 spiro atoms. The van der Waals surface area contributed by atoms with E-state index in [9.17, 15) is 0 Å². The van der Waals surface area contributed by atoms with E-state index in [0.717, 1.165) is 47.0 Å². The van der Waals surface area contributed by atoms with Crippen molar-refractivity contribution in [3.8, 4) is 11.3 Å². The number of hydrogen-bond donors (Lipinski definition) is 0. The van der Waals surface area contributed by atoms with Crippen LogP contribution in [0.4, 0.5) is 11.4 Å². The fourth-order valence-corrected chi connectivity index (χ4v) is 4.13. The van der Waals surface area contributed by atoms with Crippen LogP contribution in [0.3, 0.4) is 0 Å². The molecule has 1 aliphatic heterocycles. The second-order valence-electron chi connectivity index (χ2n) is 8.35. The van der Waals surface area contributed by atoms with Gasteiger partial charge in [0.2, 0.25) is 0 Å². The van der Waals surface area contributed by atoms with Crippen LogP contribution < -0.4 is 4.90 Å². The second kappa shape index (κ2) is 8.80. The van der Waals surface area contributed by atoms with Crippen molar-refractivity contribution < 1.29 is 0 Å². The summed E-state index contributed by atoms with van der Waals surface area (Å²) < 4.78 is 0. The summed E-state index contributed by atoms with van der Waals surface area (Å²) >= 11 is 0. The van der Waals surface area contributed by atoms with E-state index in [1.807, 2.05) is 30.5 Å². The number of nitrogens with zero attached hydrogens (tertiary/aromatic N) is 3. The van der Waals surface area contributed by atoms with Crippen molar-refractivity contribution in [2.45, 2.75) is 32.7 Å². The highest BCUT2D eigenvalue weighted by atomic mass is 15.2. The molecular formula is C29H27N3. The van der Waals surface area contributed by atoms with Gasteiger partial charge in [-0.2, -0.15) is 0 Å². The zero-order valence-electron chi connectivity index (χ0n) is 18.6. The SMILES string of the molecule is CCC(C)c1ccc(N2Cc3ccccc3N=C2c2ccc(-c3ccccc3)nc2)cc1. The lowest BCUT2D eigenvalue weighted by Crippen LogP contribution is -2.33. The Kier molecular flexibility index (Phi) is 5.55. The van der Waals surface area contributed by atoms with E-state index in [4.69, 9.17) is 9.98 Å². The van der Waals surface area contributed by atoms with Crippen LogP contribution in [0.5, 0.6) is 0 Å². The summed E-state index contributed by atoms with van der Waals surface area (Å²) in [7, 11) is 0. The molecule has 3 nitrogen and oxygen atoms in total. The largest absolute Gasteiger partial charge is 0.321 e. The van der Waals surface area contributed by atoms with Gasteiger partial charge in [0.1, 0.15) is 5.84 Å². The smallest absolute Gasteiger partial charge is 0.142 e. The quantitative estimate of drug-likeness (QED) is 0.339. The lowest BCUT2D eigenvalue weighted by Gasteiger charge is -2.31. The van der Waals surface area contributed by atoms with Gasteiger partial charge in [0.15, 0.2) is 0 Å². The zero-order valence-corrected chi connectivity index (χ0v) is 18.6. The molecule has 0 aliphatic carbocycles. The molecule has 2 heterocycles. The third kappa shape index (κ3) is 3.94. The fourth-order valence-electron chi connectivity index (χ4n) is 4.13. The van der Waals surface area contributed by atoms with Crippen molar-refractivity contribution >= 4 is 17.2 Å². The van der Waals surface area contributed by atoms with Crippen LogP contribution in [0.15, 0.2) is 102 Å². The van der Waals surface area contributed by atoms with Crippen LogP contribution in [0, 0.1) is 0 Å². The van der Waals surface area contributed by atoms with Gasteiger partial charge in [0, 0.05) is 23.0 Å². The molecule has 1 aliphatic rings. The molecule has 0 bridgehead atoms. The number of aliphatic imine (C=N–C) groups is 1. The number of amidine groups is 1. The maximum atomic E-state index is 5.05. The summed E-state index contributed by atoms with van der Waals surface area (Å²) in [5, 5.41) is 0. The van der Waals surface area contributed by atoms with Gasteiger partial charge in [0.25, 0.3) is 0 Å². The molecule has 4 aromatic rings. The molecule has 1 aromatic heterocycles. The first-order chi connectivity index (χ1) is 15.7. The maximum Gasteiger partial charge on any atom is 0.142 e. The Bertz CT molecular complexity index is 1230. The molecule has 158 valence electrons. The summed E-state index contributed by atoms with van der Waals surface area (Å²) in [4.78, 5) is 12.1. The van der Waals surface area contributed by atoms with Crippen LogP contribution in [0.2, 0.25) is 0 Å². The maximum absolute atomic E-state index is 5.05. The zero-order chi connectivity index (χ0) is 21.9. The van der Waals surface area contributed by atoms with Crippen molar-refractivity contribution in [2.24, 2.45) is 4.99 Å². The molecular weight excluding hydrogens is 390 g/mol. The summed E-state index contributed by atoms with van der Waals surface area (Å²) in [5.41, 5.74) is 7.89. The summed E-state index contributed by atoms with van der Waals surface area (Å²) in [6.45, 7) is 5.30. The number of benzene rings is 3. The normalized spacial score (nSPS) is 13.9. The van der Waals surface area contributed by atoms with Crippen molar-refractivity contribution in [3.05, 3.63) is 114 Å². The minimum atomic E-state index is 0.564. The fraction of sp³-hybridized carbons (Fsp3) is 0.172. The molecule has 0 radical (unpaired) electrons. The molecule has 0 saturated carbocycles. The van der Waals surface area contributed by atoms with Gasteiger partial charge >= 0.3 is 0 Å². The Balaban J connectivity index is 1.53. The summed E-state index contributed by atoms with van der Waals surface area (Å²) in [5.74, 6) is 1.50. The third-order valence-corrected chi connectivity index (χ3v) is 6.28. The van der Waals surface area contributed by atoms with Crippen LogP contribution in [-0.4, -0.2) is 10.8 Å². The van der Waals surface area contributed by atoms with E-state index < -0.39 is 0 Å². The highest BCUT2D eigenvalue weighted by Crippen LogP contribution is 2.32. The van der Waals surface area contributed by atoms with Crippen LogP contribution >= 0.6 is 0 Å². The highest BCUT2D eigenvalue weighted by Gasteiger charge is 2.23. The van der Waals surface area contributed by atoms with Crippen molar-refractivity contribution in [3.63, 3.8) is 0 Å². The topological polar surface area (TPSA) is 28.5 Å². The first-order valence-electron chi connectivity index (χ1n) is 11.3. The molecule has 0 amide bonds. The van der Waals surface area contributed by atoms with Gasteiger partial charge in [-0.15, -0.1) is 0 Å². The lowest BCUT2D eigenvalue weighted by molar-refractivity contribution is 0.733. The van der Waals surface area contributed by atoms with Gasteiger partial charge in [-0.1, -0.05) is 74.5 Å². The number of para-hydroxylation sites is 1. The van der Waals surface area contributed by atoms with Gasteiger partial charge < -0.3 is 4.90 Å². The van der Waals surface area contributed by atoms with E-state index in [-0.39, 0.29) is 0 Å². The Hall–Kier alpha value is -3.72. The average molecular weight is 418 g/mol. The number of anilines is 1. The number of fused-ring (bicyclic) bond motifs is 1. The highest BCUT2D eigenvalue weighted by molar-refractivity contribution is 6.12. The first kappa shape index (κ1) is 20.2. The molecule has 0 fully saturated rings. The molecule has 3 aromatic carbocycles. The standard InChI is InChI=1S/C29H27N3/c1-3-21(2)22-13-16-26(17-14-22)32-20-25-11-7-8-12-28(25)31-29(32)24-15-18-27(30-19-24)23-9-5-4-6-10-23/h4-19,21H,3,20H2,1-2H3. The predicted octanol–water partition coefficient (Wildman–Crippen LogP) is 7.36. The van der Waals surface area contributed by atoms with E-state index in [1.54, 1.807) is 0 Å². The van der Waals surface area contributed by atoms with Crippen LogP contribution in [-0.2, 0) is 6.54 Å². The minimum absolute atomic E-state index is 0.564. The van der Waals surface area contributed by atoms with Crippen molar-refractivity contribution in [2.75, 3.05) is 4.90 Å². The molecule has 0 saturated heterocycles. The molecule has 1 atom stereocenters. The number of rotatable bonds is 5. The summed E-state index contributed by atoms with van der Waals surface area (Å²) in [6, 6.07) is 31.8. The Morgan fingerprint density at radius 1 is 0.812 bits per heavy atom. The van der Waals surface area contributed by atoms with E-state index in [2.05, 4.69) is 85.5 Å². The van der Waals surface area contributed by atoms with Crippen LogP contribution in [0.1, 0.15) is 42.9 Å². The number of hydrogen-bond acceptors (Lipinski definition) is 3. The Morgan fingerprint density at radius 2 is 1.56 bits per heavy atom. The summed E-state index contributed by atoms with van der Waals surface area (Å²) in [6.07, 6.45) is 3.08. The molecule has 5 rings (SSSR count). The number of pyridine rings is 1. The van der Waals surface area contributed by atoms with Crippen molar-refractivity contribution in [1.82, 2.24) is 4.98 Å². The van der Waals surface area contributed by atoms with Crippen LogP contribution in [0.25, 0.3) is 11.3 Å². The Morgan fingerprint density at radius 3 is 2.28 bits per heavy atom. The third-order valence-electron chi connectivity index (χ3n) is 6.28. The van der Waals surface area contributed by atoms with Gasteiger partial charge in [0.05, 0.1) is 17.9 Å². The first-order valence-corrected chi connectivity index (χ1v) is 11.3. The van der Waals surface area contributed by atoms with E-state index >= 15 is 0 Å².